The van der Waals surface area contributed by atoms with Crippen LogP contribution in [-0.2, 0) is 43.0 Å². The van der Waals surface area contributed by atoms with E-state index in [9.17, 15) is 13.5 Å². The van der Waals surface area contributed by atoms with Crippen LogP contribution >= 0.6 is 0 Å². The number of likely N-dealkylation sites (N-methyl/N-ethyl adjacent to an activating group) is 3. The third kappa shape index (κ3) is 70.1. The Kier molecular flexibility index (Phi) is 66.4. The first-order valence-electron chi connectivity index (χ1n) is 51.7. The van der Waals surface area contributed by atoms with Gasteiger partial charge >= 0.3 is 0 Å². The van der Waals surface area contributed by atoms with Crippen LogP contribution in [0.2, 0.25) is 0 Å². The van der Waals surface area contributed by atoms with E-state index >= 15 is 0 Å². The number of nitrogens with one attached hydrogen (secondary N) is 4. The maximum absolute atomic E-state index is 10.8. The molecule has 135 heavy (non-hydrogen) atoms. The molecule has 3 aliphatic carbocycles. The fraction of sp³-hybridized carbons (Fsp3) is 0.707. The number of aliphatic hydroxyl groups is 2. The summed E-state index contributed by atoms with van der Waals surface area (Å²) in [7, 11) is 1.60. The van der Waals surface area contributed by atoms with Crippen molar-refractivity contribution in [3.05, 3.63) is 198 Å². The molecule has 774 valence electrons. The van der Waals surface area contributed by atoms with Gasteiger partial charge in [-0.25, -0.2) is 8.42 Å². The summed E-state index contributed by atoms with van der Waals surface area (Å²) in [4.78, 5) is 7.06. The predicted molar refractivity (Wildman–Crippen MR) is 580 cm³/mol. The van der Waals surface area contributed by atoms with Crippen LogP contribution < -0.4 is 21.3 Å². The summed E-state index contributed by atoms with van der Waals surface area (Å²) in [5, 5.41) is 31.6. The molecule has 3 unspecified atom stereocenters. The molecule has 0 amide bonds. The molecule has 1 fully saturated rings. The van der Waals surface area contributed by atoms with Gasteiger partial charge in [0.25, 0.3) is 0 Å². The Balaban J connectivity index is 0.000000486. The van der Waals surface area contributed by atoms with E-state index in [4.69, 9.17) is 38.3 Å². The van der Waals surface area contributed by atoms with E-state index in [1.165, 1.54) is 182 Å². The van der Waals surface area contributed by atoms with Crippen LogP contribution in [0, 0.1) is 5.41 Å². The first kappa shape index (κ1) is 126. The van der Waals surface area contributed by atoms with E-state index < -0.39 is 15.4 Å². The standard InChI is InChI=1S/C9H14O.2C8H15N.3C8H14O.2C7H13N.C7H12O.2C6H11N.C6H10O2S.3C6H10O.C5H9N.C5H8O/c1-8-2-4-9(5-3-8)6-10-7-9;1-7-4-5-9-8(2,3)6-7;1-3-9-6-4-8(2)5-7-9;2*1-7-4-5-9-8(2,3)6-7;1-7-3-5-8(2,9)6-4-7;1-7-3-5-8(2)6-4-7;1-6-3-4-8-7(2)5-6;1-6-2-4-7(8)5-3-6;1-6-3-4-7(2)5-6;1-6-2-4-7-5-3-6;1-6-2-4-9(7,8)5-3-6;1-6-2-4-7-5-3-6;2*1-6-3-2-4-7-5-6;2*1-5-2-3-6-4-5/h2H,3-7H2,1H3;4,9H,5-6H2,1-3H3;4H,3,5-7H2,1-2H3;6H,4-5H2,1-3H3;4H,5-6H2,1-3H3;3,9H,4-6H2,1-2H3;3H,4-6H2,1-2H3;5,7-8H,3-4H2,1-2H3;2,7-8H,3-5H2,1H3;3H,4-5H2,1-2H3;2,7H,3-5H2,1H3;2H,3-5H2,1H3;2H,3-5H2,1H3;5H,2-4H2,1H3;3H,2,4-5H2,1H3;2,6H,3-4H2,1H3;2H,3-4H2,1H3. The highest BCUT2D eigenvalue weighted by Crippen LogP contribution is 2.41. The van der Waals surface area contributed by atoms with Gasteiger partial charge in [0.15, 0.2) is 9.84 Å². The molecule has 0 aromatic heterocycles. The minimum atomic E-state index is -2.69. The second-order valence-corrected chi connectivity index (χ2v) is 45.1. The van der Waals surface area contributed by atoms with Crippen molar-refractivity contribution in [2.45, 2.75) is 349 Å². The summed E-state index contributed by atoms with van der Waals surface area (Å²) in [5.41, 5.74) is 25.3. The summed E-state index contributed by atoms with van der Waals surface area (Å²) in [6.07, 6.45) is 60.2. The quantitative estimate of drug-likeness (QED) is 0.135. The molecule has 0 aromatic carbocycles. The molecule has 1 spiro atoms. The molecule has 18 rings (SSSR count). The first-order valence-corrected chi connectivity index (χ1v) is 53.5. The number of allylic oxidation sites excluding steroid dienone is 6. The van der Waals surface area contributed by atoms with Gasteiger partial charge < -0.3 is 69.5 Å². The Morgan fingerprint density at radius 3 is 1.35 bits per heavy atom. The molecule has 15 heterocycles. The second kappa shape index (κ2) is 71.2. The summed E-state index contributed by atoms with van der Waals surface area (Å²) >= 11 is 0. The lowest BCUT2D eigenvalue weighted by Gasteiger charge is -2.43. The predicted octanol–water partition coefficient (Wildman–Crippen LogP) is 24.1. The zero-order valence-electron chi connectivity index (χ0n) is 91.5. The van der Waals surface area contributed by atoms with Crippen LogP contribution in [0.3, 0.4) is 0 Å². The number of hydrogen-bond donors (Lipinski definition) is 6. The van der Waals surface area contributed by atoms with Gasteiger partial charge in [0.05, 0.1) is 113 Å². The zero-order chi connectivity index (χ0) is 101. The molecule has 18 aliphatic rings. The van der Waals surface area contributed by atoms with Gasteiger partial charge in [-0.3, -0.25) is 9.80 Å². The monoisotopic (exact) mass is 1900 g/mol. The smallest absolute Gasteiger partial charge is 0.154 e. The highest BCUT2D eigenvalue weighted by atomic mass is 32.2. The number of aliphatic hydroxyl groups excluding tert-OH is 1. The van der Waals surface area contributed by atoms with Crippen molar-refractivity contribution in [3.8, 4) is 0 Å². The molecule has 0 radical (unpaired) electrons. The minimum absolute atomic E-state index is 0.0116. The van der Waals surface area contributed by atoms with E-state index in [1.807, 2.05) is 20.1 Å². The van der Waals surface area contributed by atoms with Crippen LogP contribution in [0.4, 0.5) is 0 Å². The van der Waals surface area contributed by atoms with Gasteiger partial charge in [-0.2, -0.15) is 0 Å². The van der Waals surface area contributed by atoms with Crippen molar-refractivity contribution in [3.63, 3.8) is 0 Å². The molecule has 1 saturated heterocycles. The Labute approximate surface area is 828 Å². The zero-order valence-corrected chi connectivity index (χ0v) is 92.3. The van der Waals surface area contributed by atoms with E-state index in [0.29, 0.717) is 22.7 Å². The summed E-state index contributed by atoms with van der Waals surface area (Å²) in [5.74, 6) is 0.591. The molecule has 15 aliphatic heterocycles. The molecule has 0 bridgehead atoms. The van der Waals surface area contributed by atoms with E-state index in [2.05, 4.69) is 307 Å². The molecule has 0 aromatic rings. The van der Waals surface area contributed by atoms with E-state index in [0.717, 1.165) is 189 Å². The topological polar surface area (TPSA) is 197 Å². The summed E-state index contributed by atoms with van der Waals surface area (Å²) in [6.45, 7) is 80.4. The van der Waals surface area contributed by atoms with Crippen LogP contribution in [0.25, 0.3) is 0 Å². The Hall–Kier alpha value is -5.27. The van der Waals surface area contributed by atoms with Crippen LogP contribution in [0.15, 0.2) is 198 Å². The van der Waals surface area contributed by atoms with Crippen LogP contribution in [-0.4, -0.2) is 251 Å². The normalized spacial score (nSPS) is 25.2. The van der Waals surface area contributed by atoms with Crippen molar-refractivity contribution >= 4 is 9.84 Å². The second-order valence-electron chi connectivity index (χ2n) is 42.8. The maximum Gasteiger partial charge on any atom is 0.154 e. The van der Waals surface area contributed by atoms with Crippen molar-refractivity contribution in [2.75, 3.05) is 183 Å². The Morgan fingerprint density at radius 2 is 1.04 bits per heavy atom. The molecule has 18 nitrogen and oxygen atoms in total. The maximum atomic E-state index is 10.8. The molecule has 3 atom stereocenters. The average molecular weight is 1900 g/mol. The molecular formula is C116H203N7O11S. The lowest BCUT2D eigenvalue weighted by molar-refractivity contribution is -0.117. The first-order chi connectivity index (χ1) is 63.7. The Morgan fingerprint density at radius 1 is 0.467 bits per heavy atom. The minimum Gasteiger partial charge on any atom is -0.501 e. The highest BCUT2D eigenvalue weighted by Gasteiger charge is 2.38. The van der Waals surface area contributed by atoms with E-state index in [-0.39, 0.29) is 23.1 Å². The lowest BCUT2D eigenvalue weighted by Crippen LogP contribution is -2.43. The Bertz CT molecular complexity index is 3830. The van der Waals surface area contributed by atoms with Gasteiger partial charge in [-0.05, 0) is 353 Å². The largest absolute Gasteiger partial charge is 0.501 e. The fourth-order valence-corrected chi connectivity index (χ4v) is 17.3. The van der Waals surface area contributed by atoms with Gasteiger partial charge in [0, 0.05) is 82.4 Å². The van der Waals surface area contributed by atoms with Gasteiger partial charge in [0.1, 0.15) is 0 Å². The third-order valence-electron chi connectivity index (χ3n) is 25.7. The highest BCUT2D eigenvalue weighted by molar-refractivity contribution is 7.91. The summed E-state index contributed by atoms with van der Waals surface area (Å²) in [6, 6.07) is 0.601. The van der Waals surface area contributed by atoms with Gasteiger partial charge in [0.2, 0.25) is 0 Å². The molecule has 6 N–H and O–H groups in total. The number of sulfone groups is 1. The fourth-order valence-electron chi connectivity index (χ4n) is 15.9. The number of rotatable bonds is 1. The number of ether oxygens (including phenoxy) is 7. The van der Waals surface area contributed by atoms with Crippen molar-refractivity contribution in [1.29, 1.82) is 0 Å². The third-order valence-corrected chi connectivity index (χ3v) is 27.2. The van der Waals surface area contributed by atoms with Crippen molar-refractivity contribution < 1.29 is 51.8 Å². The van der Waals surface area contributed by atoms with Gasteiger partial charge in [-0.15, -0.1) is 0 Å². The average Bonchev–Trinajstić information content (AvgIpc) is 1.18. The molecular weight excluding hydrogens is 1700 g/mol. The number of hydrogen-bond acceptors (Lipinski definition) is 18. The summed E-state index contributed by atoms with van der Waals surface area (Å²) < 4.78 is 57.8. The van der Waals surface area contributed by atoms with Crippen molar-refractivity contribution in [1.82, 2.24) is 36.0 Å². The molecule has 0 saturated carbocycles. The van der Waals surface area contributed by atoms with Crippen molar-refractivity contribution in [2.24, 2.45) is 5.41 Å². The molecule has 19 heteroatoms. The van der Waals surface area contributed by atoms with Crippen LogP contribution in [0.5, 0.6) is 0 Å². The lowest BCUT2D eigenvalue weighted by atomic mass is 9.74. The van der Waals surface area contributed by atoms with E-state index in [1.54, 1.807) is 22.8 Å². The van der Waals surface area contributed by atoms with Crippen LogP contribution in [0.1, 0.15) is 315 Å². The number of nitrogens with zero attached hydrogens (tertiary/aromatic N) is 3. The van der Waals surface area contributed by atoms with Gasteiger partial charge in [-0.1, -0.05) is 188 Å². The SMILES string of the molecule is CC1=CC(C)(C)OCC1.CC1=CC(C)NCC1.CC1=CCC(C)(O)CC1.CC1=CCC(O)CC1.CC1=CCC2(CC1)COC2.CC1=CCCOC1.CC1=CCN(C)C1.CC1=CCN(C)CC1.CC1=CCNC(C)(C)C1.CC1=CCNC1.CC1=CCNCC1.CC1=CCOC(C)(C)C1.CC1=CCOC1.CC1=CCOCC1.CC1=CCS(=O)(=O)CC1.CC1=COCCC1.CCN1CC=C(C)CC1.